The first-order valence-corrected chi connectivity index (χ1v) is 3.29. The molecular formula is C8H11N. The van der Waals surface area contributed by atoms with Gasteiger partial charge in [-0.05, 0) is 12.5 Å². The van der Waals surface area contributed by atoms with Crippen molar-refractivity contribution < 1.29 is 0 Å². The minimum Gasteiger partial charge on any atom is -0.289 e. The van der Waals surface area contributed by atoms with E-state index in [2.05, 4.69) is 24.1 Å². The van der Waals surface area contributed by atoms with E-state index < -0.39 is 0 Å². The van der Waals surface area contributed by atoms with E-state index in [-0.39, 0.29) is 0 Å². The predicted octanol–water partition coefficient (Wildman–Crippen LogP) is 1.96. The van der Waals surface area contributed by atoms with Gasteiger partial charge in [0, 0.05) is 6.21 Å². The molecule has 0 unspecified atom stereocenters. The quantitative estimate of drug-likeness (QED) is 0.503. The summed E-state index contributed by atoms with van der Waals surface area (Å²) in [4.78, 5) is 4.08. The first-order chi connectivity index (χ1) is 4.43. The molecule has 1 nitrogen and oxygen atoms in total. The van der Waals surface area contributed by atoms with Gasteiger partial charge in [-0.3, -0.25) is 4.99 Å². The van der Waals surface area contributed by atoms with E-state index in [1.807, 2.05) is 12.3 Å². The van der Waals surface area contributed by atoms with Crippen LogP contribution in [0.15, 0.2) is 28.8 Å². The topological polar surface area (TPSA) is 12.4 Å². The first kappa shape index (κ1) is 6.27. The van der Waals surface area contributed by atoms with Gasteiger partial charge in [-0.25, -0.2) is 0 Å². The Hall–Kier alpha value is -0.850. The van der Waals surface area contributed by atoms with Gasteiger partial charge >= 0.3 is 0 Å². The summed E-state index contributed by atoms with van der Waals surface area (Å²) in [5, 5.41) is 0. The van der Waals surface area contributed by atoms with Crippen LogP contribution in [-0.2, 0) is 0 Å². The van der Waals surface area contributed by atoms with Crippen LogP contribution in [0.4, 0.5) is 0 Å². The third-order valence-corrected chi connectivity index (χ3v) is 1.37. The molecule has 0 N–H and O–H groups in total. The molecule has 1 heteroatoms. The Bertz CT molecular complexity index is 163. The molecule has 48 valence electrons. The Morgan fingerprint density at radius 3 is 3.33 bits per heavy atom. The summed E-state index contributed by atoms with van der Waals surface area (Å²) >= 11 is 0. The largest absolute Gasteiger partial charge is 0.289 e. The van der Waals surface area contributed by atoms with Crippen molar-refractivity contribution in [3.8, 4) is 0 Å². The maximum Gasteiger partial charge on any atom is 0.0575 e. The molecule has 0 atom stereocenters. The Kier molecular flexibility index (Phi) is 2.25. The van der Waals surface area contributed by atoms with Crippen molar-refractivity contribution in [1.82, 2.24) is 0 Å². The summed E-state index contributed by atoms with van der Waals surface area (Å²) in [5.74, 6) is 0. The lowest BCUT2D eigenvalue weighted by Crippen LogP contribution is -1.74. The van der Waals surface area contributed by atoms with Gasteiger partial charge in [0.1, 0.15) is 0 Å². The van der Waals surface area contributed by atoms with Gasteiger partial charge in [-0.2, -0.15) is 0 Å². The number of rotatable bonds is 1. The number of allylic oxidation sites excluding steroid dienone is 3. The highest BCUT2D eigenvalue weighted by Crippen LogP contribution is 2.03. The predicted molar refractivity (Wildman–Crippen MR) is 40.9 cm³/mol. The summed E-state index contributed by atoms with van der Waals surface area (Å²) in [7, 11) is 0. The van der Waals surface area contributed by atoms with Crippen molar-refractivity contribution in [2.75, 3.05) is 6.54 Å². The second-order valence-electron chi connectivity index (χ2n) is 2.01. The second-order valence-corrected chi connectivity index (χ2v) is 2.01. The molecule has 0 saturated carbocycles. The van der Waals surface area contributed by atoms with Crippen LogP contribution in [0.2, 0.25) is 0 Å². The number of hydrogen-bond donors (Lipinski definition) is 0. The smallest absolute Gasteiger partial charge is 0.0575 e. The van der Waals surface area contributed by atoms with Crippen LogP contribution in [-0.4, -0.2) is 12.8 Å². The van der Waals surface area contributed by atoms with Crippen molar-refractivity contribution in [2.45, 2.75) is 13.3 Å². The van der Waals surface area contributed by atoms with Crippen molar-refractivity contribution >= 4 is 6.21 Å². The lowest BCUT2D eigenvalue weighted by molar-refractivity contribution is 1.12. The fraction of sp³-hybridized carbons (Fsp3) is 0.375. The zero-order valence-corrected chi connectivity index (χ0v) is 5.67. The fourth-order valence-corrected chi connectivity index (χ4v) is 0.789. The highest BCUT2D eigenvalue weighted by Gasteiger charge is 1.87. The molecule has 0 aromatic heterocycles. The van der Waals surface area contributed by atoms with E-state index in [1.165, 1.54) is 5.57 Å². The number of hydrogen-bond acceptors (Lipinski definition) is 1. The molecule has 0 aliphatic carbocycles. The average Bonchev–Trinajstić information content (AvgIpc) is 2.13. The summed E-state index contributed by atoms with van der Waals surface area (Å²) in [5.41, 5.74) is 1.38. The lowest BCUT2D eigenvalue weighted by Gasteiger charge is -1.90. The van der Waals surface area contributed by atoms with Crippen LogP contribution in [0.3, 0.4) is 0 Å². The number of nitrogens with zero attached hydrogens (tertiary/aromatic N) is 1. The molecule has 1 rings (SSSR count). The van der Waals surface area contributed by atoms with Crippen molar-refractivity contribution in [3.05, 3.63) is 23.8 Å². The molecule has 1 heterocycles. The van der Waals surface area contributed by atoms with E-state index in [4.69, 9.17) is 0 Å². The SMILES string of the molecule is CCC1=CCN=CC=C1. The van der Waals surface area contributed by atoms with E-state index in [1.54, 1.807) is 0 Å². The Morgan fingerprint density at radius 1 is 1.67 bits per heavy atom. The van der Waals surface area contributed by atoms with Gasteiger partial charge in [0.05, 0.1) is 6.54 Å². The minimum absolute atomic E-state index is 0.843. The van der Waals surface area contributed by atoms with E-state index in [9.17, 15) is 0 Å². The van der Waals surface area contributed by atoms with Gasteiger partial charge in [-0.15, -0.1) is 0 Å². The Balaban J connectivity index is 2.63. The minimum atomic E-state index is 0.843. The Labute approximate surface area is 55.8 Å². The van der Waals surface area contributed by atoms with Gasteiger partial charge in [-0.1, -0.05) is 24.6 Å². The first-order valence-electron chi connectivity index (χ1n) is 3.29. The molecule has 0 aromatic carbocycles. The summed E-state index contributed by atoms with van der Waals surface area (Å²) < 4.78 is 0. The highest BCUT2D eigenvalue weighted by molar-refractivity contribution is 5.72. The van der Waals surface area contributed by atoms with Crippen LogP contribution in [0.5, 0.6) is 0 Å². The monoisotopic (exact) mass is 121 g/mol. The van der Waals surface area contributed by atoms with Crippen LogP contribution < -0.4 is 0 Å². The van der Waals surface area contributed by atoms with Crippen LogP contribution >= 0.6 is 0 Å². The third-order valence-electron chi connectivity index (χ3n) is 1.37. The van der Waals surface area contributed by atoms with Crippen LogP contribution in [0.25, 0.3) is 0 Å². The highest BCUT2D eigenvalue weighted by atomic mass is 14.7. The summed E-state index contributed by atoms with van der Waals surface area (Å²) in [6, 6.07) is 0. The normalized spacial score (nSPS) is 17.2. The lowest BCUT2D eigenvalue weighted by atomic mass is 10.2. The summed E-state index contributed by atoms with van der Waals surface area (Å²) in [6.07, 6.45) is 9.21. The third kappa shape index (κ3) is 1.84. The zero-order valence-electron chi connectivity index (χ0n) is 5.67. The van der Waals surface area contributed by atoms with E-state index in [0.717, 1.165) is 13.0 Å². The zero-order chi connectivity index (χ0) is 6.53. The fourth-order valence-electron chi connectivity index (χ4n) is 0.789. The average molecular weight is 121 g/mol. The van der Waals surface area contributed by atoms with E-state index in [0.29, 0.717) is 0 Å². The van der Waals surface area contributed by atoms with Crippen LogP contribution in [0, 0.1) is 0 Å². The molecule has 0 saturated heterocycles. The van der Waals surface area contributed by atoms with Gasteiger partial charge in [0.2, 0.25) is 0 Å². The van der Waals surface area contributed by atoms with Crippen molar-refractivity contribution in [1.29, 1.82) is 0 Å². The molecule has 0 radical (unpaired) electrons. The Morgan fingerprint density at radius 2 is 2.56 bits per heavy atom. The van der Waals surface area contributed by atoms with Crippen molar-refractivity contribution in [3.63, 3.8) is 0 Å². The molecule has 9 heavy (non-hydrogen) atoms. The van der Waals surface area contributed by atoms with E-state index >= 15 is 0 Å². The van der Waals surface area contributed by atoms with Crippen molar-refractivity contribution in [2.24, 2.45) is 4.99 Å². The molecular weight excluding hydrogens is 110 g/mol. The molecule has 0 bridgehead atoms. The van der Waals surface area contributed by atoms with Gasteiger partial charge < -0.3 is 0 Å². The molecule has 0 spiro atoms. The maximum absolute atomic E-state index is 4.08. The maximum atomic E-state index is 4.08. The standard InChI is InChI=1S/C8H11N/c1-2-8-4-3-6-9-7-5-8/h3-6H,2,7H2,1H3. The molecule has 0 aromatic rings. The second kappa shape index (κ2) is 3.23. The molecule has 1 aliphatic heterocycles. The van der Waals surface area contributed by atoms with Crippen LogP contribution in [0.1, 0.15) is 13.3 Å². The number of aliphatic imine (C=N–C) groups is 1. The molecule has 1 aliphatic rings. The molecule has 0 amide bonds. The van der Waals surface area contributed by atoms with Gasteiger partial charge in [0.25, 0.3) is 0 Å². The summed E-state index contributed by atoms with van der Waals surface area (Å²) in [6.45, 7) is 3.00. The molecule has 0 fully saturated rings. The van der Waals surface area contributed by atoms with Gasteiger partial charge in [0.15, 0.2) is 0 Å².